The van der Waals surface area contributed by atoms with Crippen LogP contribution in [0.1, 0.15) is 18.5 Å². The van der Waals surface area contributed by atoms with E-state index in [9.17, 15) is 0 Å². The zero-order chi connectivity index (χ0) is 14.8. The zero-order valence-electron chi connectivity index (χ0n) is 11.5. The fourth-order valence-corrected chi connectivity index (χ4v) is 2.24. The maximum atomic E-state index is 6.16. The molecule has 0 saturated carbocycles. The highest BCUT2D eigenvalue weighted by Gasteiger charge is 2.08. The molecule has 3 rings (SSSR count). The molecule has 0 saturated heterocycles. The van der Waals surface area contributed by atoms with E-state index in [2.05, 4.69) is 9.97 Å². The van der Waals surface area contributed by atoms with Gasteiger partial charge in [0.1, 0.15) is 5.52 Å². The number of nitrogens with two attached hydrogens (primary N) is 1. The van der Waals surface area contributed by atoms with Gasteiger partial charge in [-0.05, 0) is 36.8 Å². The molecule has 2 N–H and O–H groups in total. The summed E-state index contributed by atoms with van der Waals surface area (Å²) in [5, 5.41) is 1.49. The Morgan fingerprint density at radius 2 is 2.00 bits per heavy atom. The Labute approximate surface area is 127 Å². The standard InChI is InChI=1S/C16H14ClN3O/c1-10(18)11-4-7-15(20-9-11)21-14-6-5-13(17)12-3-2-8-19-16(12)14/h2-10H,18H2,1H3. The molecule has 0 fully saturated rings. The van der Waals surface area contributed by atoms with Gasteiger partial charge in [0.25, 0.3) is 0 Å². The van der Waals surface area contributed by atoms with Crippen molar-refractivity contribution < 1.29 is 4.74 Å². The largest absolute Gasteiger partial charge is 0.437 e. The number of rotatable bonds is 3. The Hall–Kier alpha value is -2.17. The Morgan fingerprint density at radius 1 is 1.14 bits per heavy atom. The van der Waals surface area contributed by atoms with E-state index in [1.807, 2.05) is 25.1 Å². The fourth-order valence-electron chi connectivity index (χ4n) is 2.03. The molecule has 2 heterocycles. The molecule has 3 aromatic rings. The quantitative estimate of drug-likeness (QED) is 0.791. The minimum atomic E-state index is -0.0513. The first-order chi connectivity index (χ1) is 10.1. The Kier molecular flexibility index (Phi) is 3.73. The number of pyridine rings is 2. The van der Waals surface area contributed by atoms with Crippen molar-refractivity contribution in [3.8, 4) is 11.6 Å². The highest BCUT2D eigenvalue weighted by atomic mass is 35.5. The Bertz CT molecular complexity index is 772. The molecule has 0 amide bonds. The second-order valence-corrected chi connectivity index (χ2v) is 5.17. The molecular weight excluding hydrogens is 286 g/mol. The van der Waals surface area contributed by atoms with Crippen LogP contribution in [0.5, 0.6) is 11.6 Å². The molecule has 21 heavy (non-hydrogen) atoms. The van der Waals surface area contributed by atoms with Crippen LogP contribution in [0.2, 0.25) is 5.02 Å². The van der Waals surface area contributed by atoms with Gasteiger partial charge in [-0.1, -0.05) is 17.7 Å². The summed E-state index contributed by atoms with van der Waals surface area (Å²) < 4.78 is 5.81. The van der Waals surface area contributed by atoms with Crippen molar-refractivity contribution in [2.45, 2.75) is 13.0 Å². The van der Waals surface area contributed by atoms with Crippen LogP contribution in [0.4, 0.5) is 0 Å². The van der Waals surface area contributed by atoms with E-state index in [4.69, 9.17) is 22.1 Å². The monoisotopic (exact) mass is 299 g/mol. The zero-order valence-corrected chi connectivity index (χ0v) is 12.2. The second kappa shape index (κ2) is 5.68. The van der Waals surface area contributed by atoms with Gasteiger partial charge in [-0.3, -0.25) is 4.98 Å². The van der Waals surface area contributed by atoms with Gasteiger partial charge in [-0.2, -0.15) is 0 Å². The molecule has 0 aliphatic heterocycles. The molecule has 2 aromatic heterocycles. The summed E-state index contributed by atoms with van der Waals surface area (Å²) in [6.45, 7) is 1.91. The molecule has 0 aliphatic carbocycles. The number of halogens is 1. The summed E-state index contributed by atoms with van der Waals surface area (Å²) >= 11 is 6.16. The smallest absolute Gasteiger partial charge is 0.219 e. The van der Waals surface area contributed by atoms with Crippen LogP contribution in [-0.4, -0.2) is 9.97 Å². The molecule has 106 valence electrons. The van der Waals surface area contributed by atoms with Crippen molar-refractivity contribution in [2.75, 3.05) is 0 Å². The first kappa shape index (κ1) is 13.8. The molecule has 1 atom stereocenters. The summed E-state index contributed by atoms with van der Waals surface area (Å²) in [5.41, 5.74) is 7.47. The lowest BCUT2D eigenvalue weighted by atomic mass is 10.2. The van der Waals surface area contributed by atoms with Crippen LogP contribution < -0.4 is 10.5 Å². The van der Waals surface area contributed by atoms with E-state index in [0.29, 0.717) is 22.2 Å². The van der Waals surface area contributed by atoms with Gasteiger partial charge in [0.15, 0.2) is 5.75 Å². The minimum absolute atomic E-state index is 0.0513. The van der Waals surface area contributed by atoms with Crippen LogP contribution >= 0.6 is 11.6 Å². The highest BCUT2D eigenvalue weighted by molar-refractivity contribution is 6.35. The highest BCUT2D eigenvalue weighted by Crippen LogP contribution is 2.32. The average Bonchev–Trinajstić information content (AvgIpc) is 2.51. The van der Waals surface area contributed by atoms with E-state index < -0.39 is 0 Å². The molecule has 0 spiro atoms. The SMILES string of the molecule is CC(N)c1ccc(Oc2ccc(Cl)c3cccnc23)nc1. The number of benzene rings is 1. The maximum Gasteiger partial charge on any atom is 0.219 e. The normalized spacial score (nSPS) is 12.3. The van der Waals surface area contributed by atoms with E-state index in [1.165, 1.54) is 0 Å². The maximum absolute atomic E-state index is 6.16. The van der Waals surface area contributed by atoms with Crippen LogP contribution in [-0.2, 0) is 0 Å². The Morgan fingerprint density at radius 3 is 2.71 bits per heavy atom. The van der Waals surface area contributed by atoms with Gasteiger partial charge in [-0.25, -0.2) is 4.98 Å². The summed E-state index contributed by atoms with van der Waals surface area (Å²) in [7, 11) is 0. The third-order valence-corrected chi connectivity index (χ3v) is 3.51. The number of aromatic nitrogens is 2. The first-order valence-electron chi connectivity index (χ1n) is 6.58. The molecule has 0 bridgehead atoms. The van der Waals surface area contributed by atoms with Crippen molar-refractivity contribution in [1.29, 1.82) is 0 Å². The number of fused-ring (bicyclic) bond motifs is 1. The fraction of sp³-hybridized carbons (Fsp3) is 0.125. The third-order valence-electron chi connectivity index (χ3n) is 3.18. The van der Waals surface area contributed by atoms with Gasteiger partial charge >= 0.3 is 0 Å². The van der Waals surface area contributed by atoms with Crippen LogP contribution in [0.25, 0.3) is 10.9 Å². The minimum Gasteiger partial charge on any atom is -0.437 e. The summed E-state index contributed by atoms with van der Waals surface area (Å²) in [6, 6.07) is 11.0. The van der Waals surface area contributed by atoms with Gasteiger partial charge in [0.2, 0.25) is 5.88 Å². The van der Waals surface area contributed by atoms with Crippen molar-refractivity contribution in [2.24, 2.45) is 5.73 Å². The van der Waals surface area contributed by atoms with Gasteiger partial charge in [0, 0.05) is 29.9 Å². The lowest BCUT2D eigenvalue weighted by Gasteiger charge is -2.10. The lowest BCUT2D eigenvalue weighted by molar-refractivity contribution is 0.466. The van der Waals surface area contributed by atoms with Crippen molar-refractivity contribution >= 4 is 22.5 Å². The summed E-state index contributed by atoms with van der Waals surface area (Å²) in [5.74, 6) is 1.12. The number of hydrogen-bond acceptors (Lipinski definition) is 4. The number of ether oxygens (including phenoxy) is 1. The average molecular weight is 300 g/mol. The van der Waals surface area contributed by atoms with Gasteiger partial charge in [0.05, 0.1) is 5.02 Å². The summed E-state index contributed by atoms with van der Waals surface area (Å²) in [4.78, 5) is 8.59. The Balaban J connectivity index is 1.96. The van der Waals surface area contributed by atoms with Crippen LogP contribution in [0.15, 0.2) is 48.8 Å². The topological polar surface area (TPSA) is 61.0 Å². The molecule has 5 heteroatoms. The van der Waals surface area contributed by atoms with Crippen LogP contribution in [0.3, 0.4) is 0 Å². The number of hydrogen-bond donors (Lipinski definition) is 1. The van der Waals surface area contributed by atoms with E-state index in [1.54, 1.807) is 30.6 Å². The lowest BCUT2D eigenvalue weighted by Crippen LogP contribution is -2.05. The summed E-state index contributed by atoms with van der Waals surface area (Å²) in [6.07, 6.45) is 3.42. The number of nitrogens with zero attached hydrogens (tertiary/aromatic N) is 2. The van der Waals surface area contributed by atoms with Gasteiger partial charge < -0.3 is 10.5 Å². The van der Waals surface area contributed by atoms with E-state index >= 15 is 0 Å². The predicted octanol–water partition coefficient (Wildman–Crippen LogP) is 4.10. The molecule has 1 unspecified atom stereocenters. The molecule has 4 nitrogen and oxygen atoms in total. The molecule has 0 radical (unpaired) electrons. The molecule has 1 aromatic carbocycles. The third kappa shape index (κ3) is 2.82. The van der Waals surface area contributed by atoms with E-state index in [0.717, 1.165) is 10.9 Å². The predicted molar refractivity (Wildman–Crippen MR) is 83.7 cm³/mol. The van der Waals surface area contributed by atoms with Crippen molar-refractivity contribution in [3.05, 3.63) is 59.4 Å². The van der Waals surface area contributed by atoms with Crippen LogP contribution in [0, 0.1) is 0 Å². The molecule has 0 aliphatic rings. The molecular formula is C16H14ClN3O. The van der Waals surface area contributed by atoms with Gasteiger partial charge in [-0.15, -0.1) is 0 Å². The first-order valence-corrected chi connectivity index (χ1v) is 6.95. The van der Waals surface area contributed by atoms with Crippen molar-refractivity contribution in [3.63, 3.8) is 0 Å². The van der Waals surface area contributed by atoms with E-state index in [-0.39, 0.29) is 6.04 Å². The van der Waals surface area contributed by atoms with Crippen molar-refractivity contribution in [1.82, 2.24) is 9.97 Å². The second-order valence-electron chi connectivity index (χ2n) is 4.77.